The normalized spacial score (nSPS) is 13.9. The standard InChI is InChI=1S/C15H18N6O/c1-10(7-8-12(9-16)14(18)21-19)15(22)20-13(17)11-5-3-2-4-6-11/h2-9,16H,19H2,1H3,(H2,18,21)(H2,17,20,22)/b10-7+,12-8+,16-9?. The van der Waals surface area contributed by atoms with Crippen molar-refractivity contribution in [3.63, 3.8) is 0 Å². The first-order valence-electron chi connectivity index (χ1n) is 6.36. The molecule has 0 aromatic heterocycles. The molecule has 0 unspecified atom stereocenters. The molecule has 7 nitrogen and oxygen atoms in total. The number of hydrogen-bond donors (Lipinski definition) is 4. The van der Waals surface area contributed by atoms with Gasteiger partial charge in [-0.2, -0.15) is 10.1 Å². The zero-order valence-electron chi connectivity index (χ0n) is 12.2. The minimum atomic E-state index is -0.481. The number of benzene rings is 1. The molecule has 0 aliphatic heterocycles. The summed E-state index contributed by atoms with van der Waals surface area (Å²) in [6, 6.07) is 8.97. The summed E-state index contributed by atoms with van der Waals surface area (Å²) >= 11 is 0. The fourth-order valence-electron chi connectivity index (χ4n) is 1.44. The van der Waals surface area contributed by atoms with E-state index in [2.05, 4.69) is 10.1 Å². The van der Waals surface area contributed by atoms with Crippen molar-refractivity contribution >= 4 is 23.8 Å². The first-order chi connectivity index (χ1) is 10.5. The number of nitrogens with two attached hydrogens (primary N) is 3. The smallest absolute Gasteiger partial charge is 0.274 e. The lowest BCUT2D eigenvalue weighted by Gasteiger charge is -2.00. The van der Waals surface area contributed by atoms with Crippen molar-refractivity contribution in [3.05, 3.63) is 59.2 Å². The number of rotatable bonds is 5. The molecule has 1 aromatic rings. The second kappa shape index (κ2) is 8.15. The van der Waals surface area contributed by atoms with Gasteiger partial charge in [-0.3, -0.25) is 4.79 Å². The van der Waals surface area contributed by atoms with Crippen LogP contribution in [0.25, 0.3) is 0 Å². The number of hydrogen-bond acceptors (Lipinski definition) is 4. The second-order valence-corrected chi connectivity index (χ2v) is 4.30. The predicted octanol–water partition coefficient (Wildman–Crippen LogP) is 0.672. The van der Waals surface area contributed by atoms with E-state index < -0.39 is 5.91 Å². The van der Waals surface area contributed by atoms with Gasteiger partial charge in [0.05, 0.1) is 0 Å². The fraction of sp³-hybridized carbons (Fsp3) is 0.0667. The first kappa shape index (κ1) is 16.8. The van der Waals surface area contributed by atoms with Crippen LogP contribution in [0.3, 0.4) is 0 Å². The highest BCUT2D eigenvalue weighted by Crippen LogP contribution is 2.03. The third-order valence-electron chi connectivity index (χ3n) is 2.73. The van der Waals surface area contributed by atoms with Crippen molar-refractivity contribution in [1.82, 2.24) is 0 Å². The summed E-state index contributed by atoms with van der Waals surface area (Å²) in [5.74, 6) is 4.69. The van der Waals surface area contributed by atoms with Gasteiger partial charge in [0.15, 0.2) is 5.84 Å². The van der Waals surface area contributed by atoms with Crippen LogP contribution in [0.5, 0.6) is 0 Å². The molecule has 1 amide bonds. The molecule has 114 valence electrons. The van der Waals surface area contributed by atoms with Crippen LogP contribution >= 0.6 is 0 Å². The Bertz CT molecular complexity index is 671. The van der Waals surface area contributed by atoms with Gasteiger partial charge >= 0.3 is 0 Å². The number of amidine groups is 2. The third kappa shape index (κ3) is 4.71. The van der Waals surface area contributed by atoms with Crippen LogP contribution in [0.15, 0.2) is 63.7 Å². The average Bonchev–Trinajstić information content (AvgIpc) is 2.55. The van der Waals surface area contributed by atoms with Crippen molar-refractivity contribution in [1.29, 1.82) is 5.41 Å². The number of carbonyl (C=O) groups excluding carboxylic acids is 1. The summed E-state index contributed by atoms with van der Waals surface area (Å²) in [5.41, 5.74) is 12.6. The van der Waals surface area contributed by atoms with Crippen LogP contribution in [0.1, 0.15) is 12.5 Å². The zero-order valence-corrected chi connectivity index (χ0v) is 12.2. The largest absolute Gasteiger partial charge is 0.383 e. The zero-order chi connectivity index (χ0) is 16.5. The number of hydrazone groups is 1. The summed E-state index contributed by atoms with van der Waals surface area (Å²) in [4.78, 5) is 15.8. The molecule has 7 heteroatoms. The van der Waals surface area contributed by atoms with Crippen molar-refractivity contribution in [3.8, 4) is 0 Å². The second-order valence-electron chi connectivity index (χ2n) is 4.30. The number of carbonyl (C=O) groups is 1. The molecule has 0 atom stereocenters. The minimum absolute atomic E-state index is 0.00111. The van der Waals surface area contributed by atoms with E-state index in [1.54, 1.807) is 31.2 Å². The van der Waals surface area contributed by atoms with Gasteiger partial charge in [0, 0.05) is 22.9 Å². The highest BCUT2D eigenvalue weighted by Gasteiger charge is 2.05. The van der Waals surface area contributed by atoms with Gasteiger partial charge in [0.1, 0.15) is 5.84 Å². The van der Waals surface area contributed by atoms with E-state index in [0.717, 1.165) is 6.21 Å². The summed E-state index contributed by atoms with van der Waals surface area (Å²) < 4.78 is 0. The average molecular weight is 298 g/mol. The van der Waals surface area contributed by atoms with Gasteiger partial charge in [-0.1, -0.05) is 36.4 Å². The molecule has 1 rings (SSSR count). The minimum Gasteiger partial charge on any atom is -0.383 e. The topological polar surface area (TPSA) is 144 Å². The van der Waals surface area contributed by atoms with Gasteiger partial charge in [-0.25, -0.2) is 0 Å². The van der Waals surface area contributed by atoms with E-state index >= 15 is 0 Å². The van der Waals surface area contributed by atoms with Crippen LogP contribution in [0, 0.1) is 5.41 Å². The molecule has 0 radical (unpaired) electrons. The third-order valence-corrected chi connectivity index (χ3v) is 2.73. The molecule has 0 saturated carbocycles. The van der Waals surface area contributed by atoms with Crippen LogP contribution in [-0.4, -0.2) is 23.8 Å². The molecule has 0 fully saturated rings. The maximum Gasteiger partial charge on any atom is 0.274 e. The Kier molecular flexibility index (Phi) is 6.24. The molecule has 1 aromatic carbocycles. The van der Waals surface area contributed by atoms with Gasteiger partial charge in [0.25, 0.3) is 5.91 Å². The van der Waals surface area contributed by atoms with Crippen molar-refractivity contribution < 1.29 is 4.79 Å². The molecule has 7 N–H and O–H groups in total. The Balaban J connectivity index is 2.96. The Labute approximate surface area is 128 Å². The van der Waals surface area contributed by atoms with Gasteiger partial charge in [-0.15, -0.1) is 0 Å². The van der Waals surface area contributed by atoms with E-state index in [1.165, 1.54) is 12.2 Å². The lowest BCUT2D eigenvalue weighted by molar-refractivity contribution is -0.114. The van der Waals surface area contributed by atoms with E-state index in [0.29, 0.717) is 11.1 Å². The highest BCUT2D eigenvalue weighted by atomic mass is 16.1. The number of allylic oxidation sites excluding steroid dienone is 2. The number of amides is 1. The molecule has 0 aliphatic carbocycles. The van der Waals surface area contributed by atoms with Crippen molar-refractivity contribution in [2.45, 2.75) is 6.92 Å². The van der Waals surface area contributed by atoms with Crippen LogP contribution in [0.2, 0.25) is 0 Å². The van der Waals surface area contributed by atoms with Gasteiger partial charge < -0.3 is 22.7 Å². The molecule has 0 heterocycles. The summed E-state index contributed by atoms with van der Waals surface area (Å²) in [5, 5.41) is 10.5. The quantitative estimate of drug-likeness (QED) is 0.158. The monoisotopic (exact) mass is 298 g/mol. The van der Waals surface area contributed by atoms with Crippen molar-refractivity contribution in [2.75, 3.05) is 0 Å². The Morgan fingerprint density at radius 1 is 1.18 bits per heavy atom. The lowest BCUT2D eigenvalue weighted by Crippen LogP contribution is -2.17. The molecule has 0 bridgehead atoms. The first-order valence-corrected chi connectivity index (χ1v) is 6.36. The predicted molar refractivity (Wildman–Crippen MR) is 88.6 cm³/mol. The van der Waals surface area contributed by atoms with Crippen LogP contribution < -0.4 is 17.3 Å². The Morgan fingerprint density at radius 2 is 1.82 bits per heavy atom. The number of nitrogens with zero attached hydrogens (tertiary/aromatic N) is 2. The molecular weight excluding hydrogens is 280 g/mol. The van der Waals surface area contributed by atoms with Crippen LogP contribution in [-0.2, 0) is 4.79 Å². The molecule has 0 saturated heterocycles. The lowest BCUT2D eigenvalue weighted by atomic mass is 10.2. The molecule has 22 heavy (non-hydrogen) atoms. The van der Waals surface area contributed by atoms with Gasteiger partial charge in [-0.05, 0) is 13.0 Å². The van der Waals surface area contributed by atoms with Gasteiger partial charge in [0.2, 0.25) is 0 Å². The fourth-order valence-corrected chi connectivity index (χ4v) is 1.44. The number of nitrogens with one attached hydrogen (secondary N) is 1. The Morgan fingerprint density at radius 3 is 2.36 bits per heavy atom. The number of aliphatic imine (C=N–C) groups is 1. The molecule has 0 aliphatic rings. The highest BCUT2D eigenvalue weighted by molar-refractivity contribution is 6.14. The van der Waals surface area contributed by atoms with E-state index in [-0.39, 0.29) is 17.2 Å². The molecular formula is C15H18N6O. The molecule has 0 spiro atoms. The van der Waals surface area contributed by atoms with E-state index in [4.69, 9.17) is 22.7 Å². The van der Waals surface area contributed by atoms with Crippen LogP contribution in [0.4, 0.5) is 0 Å². The maximum atomic E-state index is 12.0. The Hall–Kier alpha value is -3.22. The van der Waals surface area contributed by atoms with Crippen molar-refractivity contribution in [2.24, 2.45) is 27.4 Å². The maximum absolute atomic E-state index is 12.0. The summed E-state index contributed by atoms with van der Waals surface area (Å²) in [6.07, 6.45) is 3.92. The SMILES string of the molecule is C\C(=C/C=C(C=N)/C(N)=N/N)C(=O)N=C(N)c1ccccc1. The summed E-state index contributed by atoms with van der Waals surface area (Å²) in [7, 11) is 0. The summed E-state index contributed by atoms with van der Waals surface area (Å²) in [6.45, 7) is 1.58. The van der Waals surface area contributed by atoms with E-state index in [9.17, 15) is 4.79 Å². The van der Waals surface area contributed by atoms with E-state index in [1.807, 2.05) is 6.07 Å².